The normalized spacial score (nSPS) is 21.2. The monoisotopic (exact) mass is 305 g/mol. The standard InChI is InChI=1S/C17H23NO4/c1-3-22-15-10-11(2)4-9-14(15)18-16(19)12-5-7-13(8-6-12)17(20)21/h4,9-10,12-13H,3,5-8H2,1-2H3,(H,18,19)(H,20,21). The fraction of sp³-hybridized carbons (Fsp3) is 0.529. The molecule has 0 bridgehead atoms. The lowest BCUT2D eigenvalue weighted by molar-refractivity contribution is -0.143. The Balaban J connectivity index is 1.99. The maximum atomic E-state index is 12.4. The van der Waals surface area contributed by atoms with Crippen molar-refractivity contribution in [3.63, 3.8) is 0 Å². The van der Waals surface area contributed by atoms with E-state index >= 15 is 0 Å². The topological polar surface area (TPSA) is 75.6 Å². The summed E-state index contributed by atoms with van der Waals surface area (Å²) in [5.41, 5.74) is 1.75. The number of hydrogen-bond acceptors (Lipinski definition) is 3. The number of benzene rings is 1. The van der Waals surface area contributed by atoms with Crippen molar-refractivity contribution in [1.82, 2.24) is 0 Å². The number of hydrogen-bond donors (Lipinski definition) is 2. The first kappa shape index (κ1) is 16.3. The SMILES string of the molecule is CCOc1cc(C)ccc1NC(=O)C1CCC(C(=O)O)CC1. The molecule has 5 heteroatoms. The van der Waals surface area contributed by atoms with Crippen LogP contribution in [0.4, 0.5) is 5.69 Å². The Morgan fingerprint density at radius 1 is 1.23 bits per heavy atom. The smallest absolute Gasteiger partial charge is 0.306 e. The molecule has 0 heterocycles. The lowest BCUT2D eigenvalue weighted by Crippen LogP contribution is -2.29. The number of nitrogens with one attached hydrogen (secondary N) is 1. The van der Waals surface area contributed by atoms with Gasteiger partial charge in [0.15, 0.2) is 0 Å². The predicted molar refractivity (Wildman–Crippen MR) is 84.1 cm³/mol. The van der Waals surface area contributed by atoms with E-state index in [0.29, 0.717) is 43.7 Å². The second kappa shape index (κ2) is 7.29. The van der Waals surface area contributed by atoms with E-state index in [0.717, 1.165) is 5.56 Å². The van der Waals surface area contributed by atoms with Crippen molar-refractivity contribution in [2.45, 2.75) is 39.5 Å². The Morgan fingerprint density at radius 2 is 1.86 bits per heavy atom. The van der Waals surface area contributed by atoms with Crippen LogP contribution in [0.25, 0.3) is 0 Å². The van der Waals surface area contributed by atoms with Gasteiger partial charge in [-0.25, -0.2) is 0 Å². The number of carboxylic acids is 1. The van der Waals surface area contributed by atoms with Crippen LogP contribution < -0.4 is 10.1 Å². The summed E-state index contributed by atoms with van der Waals surface area (Å²) in [4.78, 5) is 23.3. The third-order valence-electron chi connectivity index (χ3n) is 4.14. The van der Waals surface area contributed by atoms with Gasteiger partial charge in [0.05, 0.1) is 18.2 Å². The summed E-state index contributed by atoms with van der Waals surface area (Å²) >= 11 is 0. The lowest BCUT2D eigenvalue weighted by atomic mass is 9.81. The summed E-state index contributed by atoms with van der Waals surface area (Å²) in [6, 6.07) is 5.68. The molecule has 0 unspecified atom stereocenters. The van der Waals surface area contributed by atoms with Crippen molar-refractivity contribution in [3.8, 4) is 5.75 Å². The van der Waals surface area contributed by atoms with E-state index in [2.05, 4.69) is 5.32 Å². The quantitative estimate of drug-likeness (QED) is 0.875. The number of carbonyl (C=O) groups is 2. The van der Waals surface area contributed by atoms with Crippen LogP contribution in [-0.4, -0.2) is 23.6 Å². The van der Waals surface area contributed by atoms with E-state index in [1.807, 2.05) is 32.0 Å². The maximum absolute atomic E-state index is 12.4. The molecule has 0 spiro atoms. The van der Waals surface area contributed by atoms with Gasteiger partial charge in [0.2, 0.25) is 5.91 Å². The third-order valence-corrected chi connectivity index (χ3v) is 4.14. The number of carboxylic acid groups (broad SMARTS) is 1. The minimum atomic E-state index is -0.754. The van der Waals surface area contributed by atoms with Crippen LogP contribution in [0, 0.1) is 18.8 Å². The first-order chi connectivity index (χ1) is 10.5. The highest BCUT2D eigenvalue weighted by Gasteiger charge is 2.30. The Bertz CT molecular complexity index is 548. The average Bonchev–Trinajstić information content (AvgIpc) is 2.50. The highest BCUT2D eigenvalue weighted by Crippen LogP contribution is 2.31. The van der Waals surface area contributed by atoms with Gasteiger partial charge >= 0.3 is 5.97 Å². The van der Waals surface area contributed by atoms with Gasteiger partial charge < -0.3 is 15.2 Å². The van der Waals surface area contributed by atoms with E-state index < -0.39 is 5.97 Å². The van der Waals surface area contributed by atoms with Gasteiger partial charge in [-0.05, 0) is 57.2 Å². The molecule has 1 aromatic carbocycles. The molecule has 1 aliphatic rings. The molecule has 1 fully saturated rings. The summed E-state index contributed by atoms with van der Waals surface area (Å²) in [5, 5.41) is 11.9. The fourth-order valence-electron chi connectivity index (χ4n) is 2.85. The molecule has 0 atom stereocenters. The Hall–Kier alpha value is -2.04. The first-order valence-electron chi connectivity index (χ1n) is 7.78. The number of carbonyl (C=O) groups excluding carboxylic acids is 1. The zero-order valence-corrected chi connectivity index (χ0v) is 13.1. The van der Waals surface area contributed by atoms with Crippen molar-refractivity contribution in [1.29, 1.82) is 0 Å². The molecule has 5 nitrogen and oxygen atoms in total. The molecule has 2 rings (SSSR count). The molecule has 0 radical (unpaired) electrons. The predicted octanol–water partition coefficient (Wildman–Crippen LogP) is 3.22. The second-order valence-electron chi connectivity index (χ2n) is 5.81. The van der Waals surface area contributed by atoms with Gasteiger partial charge in [-0.15, -0.1) is 0 Å². The van der Waals surface area contributed by atoms with Crippen LogP contribution in [0.2, 0.25) is 0 Å². The molecule has 120 valence electrons. The van der Waals surface area contributed by atoms with Gasteiger partial charge in [-0.3, -0.25) is 9.59 Å². The lowest BCUT2D eigenvalue weighted by Gasteiger charge is -2.25. The van der Waals surface area contributed by atoms with Gasteiger partial charge in [-0.2, -0.15) is 0 Å². The molecular weight excluding hydrogens is 282 g/mol. The van der Waals surface area contributed by atoms with Crippen molar-refractivity contribution >= 4 is 17.6 Å². The van der Waals surface area contributed by atoms with Crippen LogP contribution in [0.5, 0.6) is 5.75 Å². The fourth-order valence-corrected chi connectivity index (χ4v) is 2.85. The summed E-state index contributed by atoms with van der Waals surface area (Å²) in [7, 11) is 0. The molecule has 0 aromatic heterocycles. The molecule has 1 aliphatic carbocycles. The molecule has 1 aromatic rings. The van der Waals surface area contributed by atoms with Gasteiger partial charge in [-0.1, -0.05) is 6.07 Å². The van der Waals surface area contributed by atoms with Gasteiger partial charge in [0.25, 0.3) is 0 Å². The molecule has 1 amide bonds. The summed E-state index contributed by atoms with van der Waals surface area (Å²) in [6.07, 6.45) is 2.39. The number of amides is 1. The largest absolute Gasteiger partial charge is 0.492 e. The van der Waals surface area contributed by atoms with Gasteiger partial charge in [0, 0.05) is 5.92 Å². The number of aryl methyl sites for hydroxylation is 1. The minimum absolute atomic E-state index is 0.0476. The van der Waals surface area contributed by atoms with Crippen LogP contribution >= 0.6 is 0 Å². The van der Waals surface area contributed by atoms with E-state index in [4.69, 9.17) is 9.84 Å². The molecule has 0 saturated heterocycles. The third kappa shape index (κ3) is 4.00. The number of anilines is 1. The van der Waals surface area contributed by atoms with Crippen molar-refractivity contribution < 1.29 is 19.4 Å². The summed E-state index contributed by atoms with van der Waals surface area (Å²) in [5.74, 6) is -0.548. The Kier molecular flexibility index (Phi) is 5.41. The van der Waals surface area contributed by atoms with E-state index in [9.17, 15) is 9.59 Å². The molecule has 2 N–H and O–H groups in total. The molecular formula is C17H23NO4. The summed E-state index contributed by atoms with van der Waals surface area (Å²) < 4.78 is 5.56. The highest BCUT2D eigenvalue weighted by atomic mass is 16.5. The molecule has 0 aliphatic heterocycles. The molecule has 22 heavy (non-hydrogen) atoms. The minimum Gasteiger partial charge on any atom is -0.492 e. The van der Waals surface area contributed by atoms with E-state index in [1.54, 1.807) is 0 Å². The highest BCUT2D eigenvalue weighted by molar-refractivity contribution is 5.94. The van der Waals surface area contributed by atoms with Crippen LogP contribution in [0.3, 0.4) is 0 Å². The first-order valence-corrected chi connectivity index (χ1v) is 7.78. The van der Waals surface area contributed by atoms with Crippen molar-refractivity contribution in [2.24, 2.45) is 11.8 Å². The van der Waals surface area contributed by atoms with E-state index in [-0.39, 0.29) is 17.7 Å². The number of aliphatic carboxylic acids is 1. The molecule has 1 saturated carbocycles. The zero-order valence-electron chi connectivity index (χ0n) is 13.1. The Labute approximate surface area is 130 Å². The van der Waals surface area contributed by atoms with Crippen LogP contribution in [0.15, 0.2) is 18.2 Å². The average molecular weight is 305 g/mol. The van der Waals surface area contributed by atoms with E-state index in [1.165, 1.54) is 0 Å². The van der Waals surface area contributed by atoms with Crippen LogP contribution in [0.1, 0.15) is 38.2 Å². The van der Waals surface area contributed by atoms with Crippen molar-refractivity contribution in [2.75, 3.05) is 11.9 Å². The second-order valence-corrected chi connectivity index (χ2v) is 5.81. The Morgan fingerprint density at radius 3 is 2.45 bits per heavy atom. The van der Waals surface area contributed by atoms with Crippen molar-refractivity contribution in [3.05, 3.63) is 23.8 Å². The van der Waals surface area contributed by atoms with Gasteiger partial charge in [0.1, 0.15) is 5.75 Å². The number of rotatable bonds is 5. The zero-order chi connectivity index (χ0) is 16.1. The van der Waals surface area contributed by atoms with Crippen LogP contribution in [-0.2, 0) is 9.59 Å². The number of ether oxygens (including phenoxy) is 1. The summed E-state index contributed by atoms with van der Waals surface area (Å²) in [6.45, 7) is 4.42. The maximum Gasteiger partial charge on any atom is 0.306 e.